The topological polar surface area (TPSA) is 0 Å². The molecule has 0 amide bonds. The largest absolute Gasteiger partial charge is 0.0888 e. The quantitative estimate of drug-likeness (QED) is 0.634. The van der Waals surface area contributed by atoms with Crippen LogP contribution in [0.1, 0.15) is 52.4 Å². The van der Waals surface area contributed by atoms with Crippen molar-refractivity contribution in [2.24, 2.45) is 11.8 Å². The van der Waals surface area contributed by atoms with Crippen molar-refractivity contribution in [2.45, 2.75) is 57.2 Å². The average Bonchev–Trinajstić information content (AvgIpc) is 2.06. The van der Waals surface area contributed by atoms with Gasteiger partial charge in [0.25, 0.3) is 0 Å². The second kappa shape index (κ2) is 5.26. The van der Waals surface area contributed by atoms with Gasteiger partial charge in [0.15, 0.2) is 0 Å². The van der Waals surface area contributed by atoms with Crippen molar-refractivity contribution in [3.8, 4) is 0 Å². The van der Waals surface area contributed by atoms with Gasteiger partial charge in [-0.15, -0.1) is 0 Å². The van der Waals surface area contributed by atoms with Crippen molar-refractivity contribution in [1.82, 2.24) is 0 Å². The molecule has 1 saturated carbocycles. The summed E-state index contributed by atoms with van der Waals surface area (Å²) in [6.07, 6.45) is 8.50. The number of hydrogen-bond acceptors (Lipinski definition) is 0. The van der Waals surface area contributed by atoms with Crippen LogP contribution in [0.2, 0.25) is 0 Å². The molecular formula is C11H21Br. The summed E-state index contributed by atoms with van der Waals surface area (Å²) in [5.74, 6) is 1.96. The fourth-order valence-electron chi connectivity index (χ4n) is 2.16. The Bertz CT molecular complexity index is 114. The van der Waals surface area contributed by atoms with Crippen LogP contribution in [0.5, 0.6) is 0 Å². The third kappa shape index (κ3) is 3.08. The van der Waals surface area contributed by atoms with Crippen LogP contribution in [0.15, 0.2) is 0 Å². The first-order valence-electron chi connectivity index (χ1n) is 5.38. The third-order valence-corrected chi connectivity index (χ3v) is 4.34. The molecule has 0 aromatic heterocycles. The molecular weight excluding hydrogens is 212 g/mol. The normalized spacial score (nSPS) is 33.2. The Balaban J connectivity index is 2.24. The van der Waals surface area contributed by atoms with Gasteiger partial charge in [-0.3, -0.25) is 0 Å². The molecule has 72 valence electrons. The smallest absolute Gasteiger partial charge is 0.0174 e. The summed E-state index contributed by atoms with van der Waals surface area (Å²) in [6.45, 7) is 4.67. The van der Waals surface area contributed by atoms with Gasteiger partial charge in [-0.25, -0.2) is 0 Å². The SMILES string of the molecule is CCCC(Br)C1CCC(C)CC1. The van der Waals surface area contributed by atoms with Crippen molar-refractivity contribution in [3.05, 3.63) is 0 Å². The molecule has 0 spiro atoms. The van der Waals surface area contributed by atoms with Crippen molar-refractivity contribution in [2.75, 3.05) is 0 Å². The Kier molecular flexibility index (Phi) is 4.63. The zero-order valence-electron chi connectivity index (χ0n) is 8.35. The molecule has 12 heavy (non-hydrogen) atoms. The summed E-state index contributed by atoms with van der Waals surface area (Å²) < 4.78 is 0. The molecule has 1 aliphatic rings. The lowest BCUT2D eigenvalue weighted by molar-refractivity contribution is 0.281. The monoisotopic (exact) mass is 232 g/mol. The van der Waals surface area contributed by atoms with Crippen molar-refractivity contribution in [3.63, 3.8) is 0 Å². The first-order valence-corrected chi connectivity index (χ1v) is 6.29. The highest BCUT2D eigenvalue weighted by atomic mass is 79.9. The molecule has 1 atom stereocenters. The van der Waals surface area contributed by atoms with Gasteiger partial charge in [0.1, 0.15) is 0 Å². The van der Waals surface area contributed by atoms with E-state index in [1.807, 2.05) is 0 Å². The molecule has 1 heteroatoms. The van der Waals surface area contributed by atoms with E-state index in [-0.39, 0.29) is 0 Å². The van der Waals surface area contributed by atoms with Crippen LogP contribution in [-0.2, 0) is 0 Å². The van der Waals surface area contributed by atoms with Gasteiger partial charge in [0.2, 0.25) is 0 Å². The third-order valence-electron chi connectivity index (χ3n) is 3.14. The number of hydrogen-bond donors (Lipinski definition) is 0. The molecule has 0 radical (unpaired) electrons. The van der Waals surface area contributed by atoms with Crippen LogP contribution in [0, 0.1) is 11.8 Å². The number of alkyl halides is 1. The summed E-state index contributed by atoms with van der Waals surface area (Å²) in [6, 6.07) is 0. The van der Waals surface area contributed by atoms with E-state index in [9.17, 15) is 0 Å². The lowest BCUT2D eigenvalue weighted by atomic mass is 9.81. The van der Waals surface area contributed by atoms with Gasteiger partial charge in [-0.1, -0.05) is 49.0 Å². The minimum absolute atomic E-state index is 0.801. The van der Waals surface area contributed by atoms with Crippen LogP contribution >= 0.6 is 15.9 Å². The Morgan fingerprint density at radius 1 is 1.25 bits per heavy atom. The summed E-state index contributed by atoms with van der Waals surface area (Å²) in [7, 11) is 0. The molecule has 0 saturated heterocycles. The van der Waals surface area contributed by atoms with Gasteiger partial charge < -0.3 is 0 Å². The van der Waals surface area contributed by atoms with Gasteiger partial charge in [0, 0.05) is 4.83 Å². The molecule has 1 fully saturated rings. The number of rotatable bonds is 3. The van der Waals surface area contributed by atoms with E-state index >= 15 is 0 Å². The summed E-state index contributed by atoms with van der Waals surface area (Å²) >= 11 is 3.82. The Labute approximate surface area is 85.3 Å². The van der Waals surface area contributed by atoms with Crippen molar-refractivity contribution in [1.29, 1.82) is 0 Å². The molecule has 0 aromatic rings. The zero-order valence-corrected chi connectivity index (χ0v) is 9.94. The Morgan fingerprint density at radius 3 is 2.33 bits per heavy atom. The second-order valence-corrected chi connectivity index (χ2v) is 5.50. The number of halogens is 1. The highest BCUT2D eigenvalue weighted by Crippen LogP contribution is 2.34. The average molecular weight is 233 g/mol. The molecule has 0 N–H and O–H groups in total. The van der Waals surface area contributed by atoms with E-state index in [0.29, 0.717) is 0 Å². The first kappa shape index (κ1) is 10.6. The van der Waals surface area contributed by atoms with Crippen molar-refractivity contribution >= 4 is 15.9 Å². The molecule has 1 rings (SSSR count). The molecule has 0 heterocycles. The van der Waals surface area contributed by atoms with Gasteiger partial charge in [-0.2, -0.15) is 0 Å². The zero-order chi connectivity index (χ0) is 8.97. The minimum atomic E-state index is 0.801. The van der Waals surface area contributed by atoms with Crippen LogP contribution in [-0.4, -0.2) is 4.83 Å². The maximum Gasteiger partial charge on any atom is 0.0174 e. The molecule has 0 aromatic carbocycles. The predicted molar refractivity (Wildman–Crippen MR) is 58.7 cm³/mol. The highest BCUT2D eigenvalue weighted by molar-refractivity contribution is 9.09. The first-order chi connectivity index (χ1) is 5.74. The molecule has 0 bridgehead atoms. The van der Waals surface area contributed by atoms with Gasteiger partial charge >= 0.3 is 0 Å². The van der Waals surface area contributed by atoms with Crippen molar-refractivity contribution < 1.29 is 0 Å². The standard InChI is InChI=1S/C11H21Br/c1-3-4-11(12)10-7-5-9(2)6-8-10/h9-11H,3-8H2,1-2H3. The highest BCUT2D eigenvalue weighted by Gasteiger charge is 2.23. The van der Waals surface area contributed by atoms with Crippen LogP contribution in [0.25, 0.3) is 0 Å². The van der Waals surface area contributed by atoms with Crippen LogP contribution in [0.3, 0.4) is 0 Å². The van der Waals surface area contributed by atoms with E-state index in [1.165, 1.54) is 38.5 Å². The lowest BCUT2D eigenvalue weighted by Crippen LogP contribution is -2.20. The summed E-state index contributed by atoms with van der Waals surface area (Å²) in [5.41, 5.74) is 0. The molecule has 1 aliphatic carbocycles. The predicted octanol–water partition coefficient (Wildman–Crippen LogP) is 4.38. The molecule has 1 unspecified atom stereocenters. The van der Waals surface area contributed by atoms with E-state index in [1.54, 1.807) is 0 Å². The summed E-state index contributed by atoms with van der Waals surface area (Å²) in [4.78, 5) is 0.801. The van der Waals surface area contributed by atoms with Crippen LogP contribution in [0.4, 0.5) is 0 Å². The maximum absolute atomic E-state index is 3.82. The van der Waals surface area contributed by atoms with E-state index < -0.39 is 0 Å². The molecule has 0 nitrogen and oxygen atoms in total. The van der Waals surface area contributed by atoms with E-state index in [2.05, 4.69) is 29.8 Å². The van der Waals surface area contributed by atoms with E-state index in [4.69, 9.17) is 0 Å². The fourth-order valence-corrected chi connectivity index (χ4v) is 3.15. The van der Waals surface area contributed by atoms with Gasteiger partial charge in [-0.05, 0) is 31.1 Å². The van der Waals surface area contributed by atoms with E-state index in [0.717, 1.165) is 16.7 Å². The summed E-state index contributed by atoms with van der Waals surface area (Å²) in [5, 5.41) is 0. The lowest BCUT2D eigenvalue weighted by Gasteiger charge is -2.29. The van der Waals surface area contributed by atoms with Crippen LogP contribution < -0.4 is 0 Å². The van der Waals surface area contributed by atoms with Gasteiger partial charge in [0.05, 0.1) is 0 Å². The second-order valence-electron chi connectivity index (χ2n) is 4.32. The molecule has 0 aliphatic heterocycles. The fraction of sp³-hybridized carbons (Fsp3) is 1.00. The maximum atomic E-state index is 3.82. The Hall–Kier alpha value is 0.480. The minimum Gasteiger partial charge on any atom is -0.0888 e. The Morgan fingerprint density at radius 2 is 1.83 bits per heavy atom.